The fourth-order valence-corrected chi connectivity index (χ4v) is 2.60. The average molecular weight is 307 g/mol. The summed E-state index contributed by atoms with van der Waals surface area (Å²) in [6.45, 7) is 0. The van der Waals surface area contributed by atoms with Crippen LogP contribution in [0.3, 0.4) is 0 Å². The number of anilines is 1. The standard InChI is InChI=1S/C18H14FN3O/c19-13-8-6-12(7-9-13)15-10-17(23)22-18(16(15)11-20)21-14-4-2-1-3-5-14/h1-9,15,21H,10H2,(H,22,23). The molecular formula is C18H14FN3O. The summed E-state index contributed by atoms with van der Waals surface area (Å²) in [6, 6.07) is 17.3. The molecule has 0 aromatic heterocycles. The van der Waals surface area contributed by atoms with E-state index in [1.54, 1.807) is 12.1 Å². The smallest absolute Gasteiger partial charge is 0.226 e. The van der Waals surface area contributed by atoms with Crippen molar-refractivity contribution in [2.75, 3.05) is 5.32 Å². The van der Waals surface area contributed by atoms with E-state index in [4.69, 9.17) is 0 Å². The number of halogens is 1. The lowest BCUT2D eigenvalue weighted by Crippen LogP contribution is -2.35. The van der Waals surface area contributed by atoms with Crippen LogP contribution in [0.25, 0.3) is 0 Å². The van der Waals surface area contributed by atoms with E-state index in [1.165, 1.54) is 12.1 Å². The molecule has 0 fully saturated rings. The van der Waals surface area contributed by atoms with Gasteiger partial charge in [-0.2, -0.15) is 5.26 Å². The maximum Gasteiger partial charge on any atom is 0.226 e. The molecule has 0 saturated heterocycles. The Hall–Kier alpha value is -3.13. The van der Waals surface area contributed by atoms with Crippen molar-refractivity contribution in [3.05, 3.63) is 77.4 Å². The summed E-state index contributed by atoms with van der Waals surface area (Å²) < 4.78 is 13.1. The average Bonchev–Trinajstić information content (AvgIpc) is 2.56. The largest absolute Gasteiger partial charge is 0.341 e. The van der Waals surface area contributed by atoms with Gasteiger partial charge in [-0.15, -0.1) is 0 Å². The van der Waals surface area contributed by atoms with Crippen LogP contribution in [-0.4, -0.2) is 5.91 Å². The van der Waals surface area contributed by atoms with Crippen molar-refractivity contribution >= 4 is 11.6 Å². The molecular weight excluding hydrogens is 293 g/mol. The van der Waals surface area contributed by atoms with Crippen molar-refractivity contribution < 1.29 is 9.18 Å². The summed E-state index contributed by atoms with van der Waals surface area (Å²) in [5, 5.41) is 15.3. The monoisotopic (exact) mass is 307 g/mol. The lowest BCUT2D eigenvalue weighted by molar-refractivity contribution is -0.121. The van der Waals surface area contributed by atoms with Crippen LogP contribution in [0, 0.1) is 17.1 Å². The second kappa shape index (κ2) is 6.32. The summed E-state index contributed by atoms with van der Waals surface area (Å²) in [5.74, 6) is -0.541. The first-order chi connectivity index (χ1) is 11.2. The Balaban J connectivity index is 1.99. The zero-order chi connectivity index (χ0) is 16.2. The number of nitriles is 1. The molecule has 0 radical (unpaired) electrons. The van der Waals surface area contributed by atoms with Crippen molar-refractivity contribution in [1.82, 2.24) is 5.32 Å². The fraction of sp³-hybridized carbons (Fsp3) is 0.111. The highest BCUT2D eigenvalue weighted by Crippen LogP contribution is 2.32. The van der Waals surface area contributed by atoms with E-state index in [0.717, 1.165) is 11.3 Å². The Morgan fingerprint density at radius 1 is 1.13 bits per heavy atom. The molecule has 1 aliphatic heterocycles. The Kier molecular flexibility index (Phi) is 4.07. The van der Waals surface area contributed by atoms with Crippen molar-refractivity contribution in [3.63, 3.8) is 0 Å². The van der Waals surface area contributed by atoms with Crippen LogP contribution in [-0.2, 0) is 4.79 Å². The summed E-state index contributed by atoms with van der Waals surface area (Å²) >= 11 is 0. The van der Waals surface area contributed by atoms with Gasteiger partial charge in [0.25, 0.3) is 0 Å². The van der Waals surface area contributed by atoms with Gasteiger partial charge in [-0.1, -0.05) is 30.3 Å². The van der Waals surface area contributed by atoms with E-state index in [0.29, 0.717) is 11.4 Å². The summed E-state index contributed by atoms with van der Waals surface area (Å²) in [4.78, 5) is 12.0. The van der Waals surface area contributed by atoms with Crippen molar-refractivity contribution in [2.24, 2.45) is 0 Å². The van der Waals surface area contributed by atoms with Crippen molar-refractivity contribution in [2.45, 2.75) is 12.3 Å². The molecule has 0 spiro atoms. The van der Waals surface area contributed by atoms with Gasteiger partial charge in [0.05, 0.1) is 11.6 Å². The van der Waals surface area contributed by atoms with E-state index in [-0.39, 0.29) is 24.1 Å². The second-order valence-corrected chi connectivity index (χ2v) is 5.25. The molecule has 2 N–H and O–H groups in total. The number of benzene rings is 2. The molecule has 0 saturated carbocycles. The lowest BCUT2D eigenvalue weighted by atomic mass is 9.86. The minimum absolute atomic E-state index is 0.161. The molecule has 1 heterocycles. The molecule has 1 aliphatic rings. The molecule has 0 bridgehead atoms. The van der Waals surface area contributed by atoms with Gasteiger partial charge in [0.15, 0.2) is 0 Å². The van der Waals surface area contributed by atoms with Gasteiger partial charge >= 0.3 is 0 Å². The third kappa shape index (κ3) is 3.22. The SMILES string of the molecule is N#CC1=C(Nc2ccccc2)NC(=O)CC1c1ccc(F)cc1. The Morgan fingerprint density at radius 2 is 1.83 bits per heavy atom. The summed E-state index contributed by atoms with van der Waals surface area (Å²) in [5.41, 5.74) is 1.94. The van der Waals surface area contributed by atoms with Crippen LogP contribution in [0.2, 0.25) is 0 Å². The van der Waals surface area contributed by atoms with E-state index < -0.39 is 0 Å². The van der Waals surface area contributed by atoms with Crippen LogP contribution in [0.1, 0.15) is 17.9 Å². The number of allylic oxidation sites excluding steroid dienone is 1. The highest BCUT2D eigenvalue weighted by Gasteiger charge is 2.29. The molecule has 2 aromatic carbocycles. The number of para-hydroxylation sites is 1. The minimum Gasteiger partial charge on any atom is -0.341 e. The van der Waals surface area contributed by atoms with Gasteiger partial charge in [-0.25, -0.2) is 4.39 Å². The van der Waals surface area contributed by atoms with Crippen LogP contribution >= 0.6 is 0 Å². The Morgan fingerprint density at radius 3 is 2.48 bits per heavy atom. The van der Waals surface area contributed by atoms with E-state index >= 15 is 0 Å². The first-order valence-electron chi connectivity index (χ1n) is 7.19. The predicted molar refractivity (Wildman–Crippen MR) is 84.6 cm³/mol. The first kappa shape index (κ1) is 14.8. The number of nitrogens with one attached hydrogen (secondary N) is 2. The maximum atomic E-state index is 13.1. The first-order valence-corrected chi connectivity index (χ1v) is 7.19. The molecule has 5 heteroatoms. The highest BCUT2D eigenvalue weighted by atomic mass is 19.1. The third-order valence-corrected chi connectivity index (χ3v) is 3.71. The number of carbonyl (C=O) groups is 1. The van der Waals surface area contributed by atoms with Crippen molar-refractivity contribution in [3.8, 4) is 6.07 Å². The minimum atomic E-state index is -0.388. The van der Waals surface area contributed by atoms with Gasteiger partial charge in [0, 0.05) is 18.0 Å². The van der Waals surface area contributed by atoms with Crippen LogP contribution < -0.4 is 10.6 Å². The van der Waals surface area contributed by atoms with Crippen LogP contribution in [0.15, 0.2) is 66.0 Å². The van der Waals surface area contributed by atoms with Crippen molar-refractivity contribution in [1.29, 1.82) is 5.26 Å². The number of nitrogens with zero attached hydrogens (tertiary/aromatic N) is 1. The highest BCUT2D eigenvalue weighted by molar-refractivity contribution is 5.83. The fourth-order valence-electron chi connectivity index (χ4n) is 2.60. The van der Waals surface area contributed by atoms with E-state index in [9.17, 15) is 14.4 Å². The number of hydrogen-bond acceptors (Lipinski definition) is 3. The van der Waals surface area contributed by atoms with E-state index in [1.807, 2.05) is 30.3 Å². The van der Waals surface area contributed by atoms with Gasteiger partial charge in [-0.3, -0.25) is 4.79 Å². The molecule has 3 rings (SSSR count). The van der Waals surface area contributed by atoms with Gasteiger partial charge in [0.1, 0.15) is 11.6 Å². The quantitative estimate of drug-likeness (QED) is 0.914. The Labute approximate surface area is 133 Å². The summed E-state index contributed by atoms with van der Waals surface area (Å²) in [6.07, 6.45) is 0.161. The molecule has 1 unspecified atom stereocenters. The molecule has 2 aromatic rings. The molecule has 23 heavy (non-hydrogen) atoms. The number of rotatable bonds is 3. The normalized spacial score (nSPS) is 17.4. The number of amides is 1. The molecule has 4 nitrogen and oxygen atoms in total. The molecule has 1 atom stereocenters. The molecule has 114 valence electrons. The molecule has 0 aliphatic carbocycles. The zero-order valence-electron chi connectivity index (χ0n) is 12.2. The maximum absolute atomic E-state index is 13.1. The zero-order valence-corrected chi connectivity index (χ0v) is 12.2. The predicted octanol–water partition coefficient (Wildman–Crippen LogP) is 3.28. The summed E-state index contributed by atoms with van der Waals surface area (Å²) in [7, 11) is 0. The van der Waals surface area contributed by atoms with Gasteiger partial charge in [-0.05, 0) is 29.8 Å². The van der Waals surface area contributed by atoms with Crippen LogP contribution in [0.4, 0.5) is 10.1 Å². The van der Waals surface area contributed by atoms with Gasteiger partial charge in [0.2, 0.25) is 5.91 Å². The van der Waals surface area contributed by atoms with E-state index in [2.05, 4.69) is 16.7 Å². The number of carbonyl (C=O) groups excluding carboxylic acids is 1. The Bertz CT molecular complexity index is 791. The van der Waals surface area contributed by atoms with Gasteiger partial charge < -0.3 is 10.6 Å². The van der Waals surface area contributed by atoms with Crippen LogP contribution in [0.5, 0.6) is 0 Å². The number of hydrogen-bond donors (Lipinski definition) is 2. The second-order valence-electron chi connectivity index (χ2n) is 5.25. The lowest BCUT2D eigenvalue weighted by Gasteiger charge is -2.26. The third-order valence-electron chi connectivity index (χ3n) is 3.71. The molecule has 1 amide bonds. The topological polar surface area (TPSA) is 64.9 Å².